The number of aromatic hydroxyl groups is 1. The molecule has 0 heterocycles. The molecule has 17 nitrogen and oxygen atoms in total. The summed E-state index contributed by atoms with van der Waals surface area (Å²) in [7, 11) is 0. The summed E-state index contributed by atoms with van der Waals surface area (Å²) in [6.07, 6.45) is -0.788. The van der Waals surface area contributed by atoms with Crippen molar-refractivity contribution >= 4 is 35.5 Å². The maximum atomic E-state index is 13.2. The number of carbonyl (C=O) groups is 6. The van der Waals surface area contributed by atoms with E-state index in [2.05, 4.69) is 21.3 Å². The number of carbonyl (C=O) groups excluding carboxylic acids is 5. The van der Waals surface area contributed by atoms with Crippen LogP contribution in [0, 0.1) is 16.0 Å². The minimum atomic E-state index is -1.40. The van der Waals surface area contributed by atoms with Crippen molar-refractivity contribution in [1.82, 2.24) is 26.7 Å². The van der Waals surface area contributed by atoms with Gasteiger partial charge in [-0.25, -0.2) is 14.9 Å². The third-order valence-corrected chi connectivity index (χ3v) is 7.16. The Morgan fingerprint density at radius 2 is 1.29 bits per heavy atom. The predicted octanol–water partition coefficient (Wildman–Crippen LogP) is -0.707. The number of nitrogens with one attached hydrogen (secondary N) is 5. The summed E-state index contributed by atoms with van der Waals surface area (Å²) in [4.78, 5) is 87.0. The summed E-state index contributed by atoms with van der Waals surface area (Å²) in [5, 5.41) is 39.1. The number of nitrogens with two attached hydrogens (primary N) is 1. The van der Waals surface area contributed by atoms with Crippen molar-refractivity contribution in [2.24, 2.45) is 11.7 Å². The number of primary amides is 1. The third-order valence-electron chi connectivity index (χ3n) is 7.16. The number of nitro groups is 1. The molecule has 2 aromatic carbocycles. The van der Waals surface area contributed by atoms with Gasteiger partial charge in [0, 0.05) is 19.3 Å². The molecule has 2 rings (SSSR count). The van der Waals surface area contributed by atoms with E-state index in [1.807, 2.05) is 5.43 Å². The number of hydrazine groups is 1. The number of nitrogens with zero attached hydrogens (tertiary/aromatic N) is 1. The van der Waals surface area contributed by atoms with Crippen LogP contribution in [0.1, 0.15) is 44.7 Å². The molecule has 5 amide bonds. The van der Waals surface area contributed by atoms with E-state index in [9.17, 15) is 49.1 Å². The second-order valence-electron chi connectivity index (χ2n) is 11.4. The minimum absolute atomic E-state index is 0.0379. The SMILES string of the molecule is CC(C)[C@H](NC(=O)[C@H](Cc1ccc(O)cc1)N[N+](=O)[O-])C(=O)N[C@@H](C)C(=O)N[C@@H](CCC(N)=O)C(=O)N[C@@H](Cc1ccccc1)C(=O)O. The summed E-state index contributed by atoms with van der Waals surface area (Å²) < 4.78 is 0. The molecule has 9 N–H and O–H groups in total. The molecule has 17 heteroatoms. The third kappa shape index (κ3) is 12.9. The van der Waals surface area contributed by atoms with Gasteiger partial charge in [0.05, 0.1) is 0 Å². The second-order valence-corrected chi connectivity index (χ2v) is 11.4. The summed E-state index contributed by atoms with van der Waals surface area (Å²) in [6, 6.07) is 7.49. The molecule has 0 spiro atoms. The summed E-state index contributed by atoms with van der Waals surface area (Å²) >= 11 is 0. The van der Waals surface area contributed by atoms with Crippen LogP contribution in [0.25, 0.3) is 0 Å². The highest BCUT2D eigenvalue weighted by atomic mass is 16.7. The molecule has 5 atom stereocenters. The molecule has 0 aliphatic carbocycles. The van der Waals surface area contributed by atoms with Crippen LogP contribution in [0.3, 0.4) is 0 Å². The molecule has 260 valence electrons. The predicted molar refractivity (Wildman–Crippen MR) is 170 cm³/mol. The fourth-order valence-corrected chi connectivity index (χ4v) is 4.52. The molecule has 0 unspecified atom stereocenters. The lowest BCUT2D eigenvalue weighted by Gasteiger charge is -2.26. The van der Waals surface area contributed by atoms with Crippen molar-refractivity contribution in [3.05, 3.63) is 75.8 Å². The average molecular weight is 672 g/mol. The standard InChI is InChI=1S/C31H41N7O10/c1-17(2)26(36-29(43)23(37-38(47)48)15-20-9-11-21(39)12-10-20)30(44)33-18(3)27(41)34-22(13-14-25(32)40)28(42)35-24(31(45)46)16-19-7-5-4-6-8-19/h4-12,17-18,22-24,26,37,39H,13-16H2,1-3H3,(H2,32,40)(H,33,44)(H,34,41)(H,35,42)(H,36,43)(H,45,46)/t18-,22-,23-,24-,26-/m0/s1. The molecule has 0 bridgehead atoms. The minimum Gasteiger partial charge on any atom is -0.508 e. The highest BCUT2D eigenvalue weighted by molar-refractivity contribution is 5.95. The van der Waals surface area contributed by atoms with Crippen LogP contribution in [0.5, 0.6) is 5.75 Å². The van der Waals surface area contributed by atoms with Crippen LogP contribution in [0.15, 0.2) is 54.6 Å². The smallest absolute Gasteiger partial charge is 0.326 e. The first-order valence-corrected chi connectivity index (χ1v) is 15.0. The summed E-state index contributed by atoms with van der Waals surface area (Å²) in [5.41, 5.74) is 8.26. The molecule has 0 aromatic heterocycles. The van der Waals surface area contributed by atoms with Gasteiger partial charge < -0.3 is 37.2 Å². The quantitative estimate of drug-likeness (QED) is 0.0683. The second kappa shape index (κ2) is 18.4. The Labute approximate surface area is 276 Å². The van der Waals surface area contributed by atoms with Crippen LogP contribution < -0.4 is 32.4 Å². The first kappa shape index (κ1) is 38.4. The van der Waals surface area contributed by atoms with Gasteiger partial charge in [0.1, 0.15) is 29.9 Å². The van der Waals surface area contributed by atoms with Crippen molar-refractivity contribution in [2.75, 3.05) is 0 Å². The Hall–Kier alpha value is -5.74. The Morgan fingerprint density at radius 1 is 0.750 bits per heavy atom. The van der Waals surface area contributed by atoms with Crippen molar-refractivity contribution in [3.8, 4) is 5.75 Å². The van der Waals surface area contributed by atoms with Crippen LogP contribution in [0.4, 0.5) is 0 Å². The molecule has 0 saturated carbocycles. The van der Waals surface area contributed by atoms with Gasteiger partial charge in [0.25, 0.3) is 0 Å². The molecule has 0 radical (unpaired) electrons. The van der Waals surface area contributed by atoms with Crippen molar-refractivity contribution in [1.29, 1.82) is 0 Å². The number of hydrogen-bond donors (Lipinski definition) is 8. The van der Waals surface area contributed by atoms with Crippen LogP contribution in [-0.4, -0.2) is 81.0 Å². The summed E-state index contributed by atoms with van der Waals surface area (Å²) in [6.45, 7) is 4.50. The Morgan fingerprint density at radius 3 is 1.83 bits per heavy atom. The number of carboxylic acids is 1. The van der Waals surface area contributed by atoms with E-state index < -0.39 is 76.7 Å². The van der Waals surface area contributed by atoms with Gasteiger partial charge in [-0.3, -0.25) is 24.0 Å². The zero-order valence-electron chi connectivity index (χ0n) is 26.7. The van der Waals surface area contributed by atoms with Gasteiger partial charge >= 0.3 is 5.97 Å². The number of hydrogen-bond acceptors (Lipinski definition) is 9. The number of benzene rings is 2. The molecule has 0 aliphatic rings. The number of amides is 5. The van der Waals surface area contributed by atoms with Gasteiger partial charge in [-0.1, -0.05) is 56.3 Å². The number of aliphatic carboxylic acids is 1. The first-order chi connectivity index (χ1) is 22.6. The maximum absolute atomic E-state index is 13.2. The van der Waals surface area contributed by atoms with Crippen molar-refractivity contribution < 1.29 is 44.0 Å². The van der Waals surface area contributed by atoms with Crippen molar-refractivity contribution in [2.45, 2.75) is 76.7 Å². The molecular weight excluding hydrogens is 630 g/mol. The van der Waals surface area contributed by atoms with Gasteiger partial charge in [-0.2, -0.15) is 0 Å². The lowest BCUT2D eigenvalue weighted by Crippen LogP contribution is -2.59. The van der Waals surface area contributed by atoms with Crippen LogP contribution in [-0.2, 0) is 41.6 Å². The number of phenols is 1. The summed E-state index contributed by atoms with van der Waals surface area (Å²) in [5.74, 6) is -6.12. The Balaban J connectivity index is 2.12. The zero-order valence-corrected chi connectivity index (χ0v) is 26.7. The molecular formula is C31H41N7O10. The number of rotatable bonds is 19. The average Bonchev–Trinajstić information content (AvgIpc) is 3.01. The monoisotopic (exact) mass is 671 g/mol. The van der Waals surface area contributed by atoms with Gasteiger partial charge in [0.2, 0.25) is 29.5 Å². The fraction of sp³-hybridized carbons (Fsp3) is 0.419. The number of carboxylic acid groups (broad SMARTS) is 1. The van der Waals surface area contributed by atoms with E-state index in [-0.39, 0.29) is 31.4 Å². The van der Waals surface area contributed by atoms with Gasteiger partial charge in [0.15, 0.2) is 11.1 Å². The highest BCUT2D eigenvalue weighted by Gasteiger charge is 2.33. The Bertz CT molecular complexity index is 1450. The fourth-order valence-electron chi connectivity index (χ4n) is 4.52. The highest BCUT2D eigenvalue weighted by Crippen LogP contribution is 2.12. The Kier molecular flexibility index (Phi) is 14.8. The van der Waals surface area contributed by atoms with E-state index in [4.69, 9.17) is 5.73 Å². The molecule has 0 saturated heterocycles. The maximum Gasteiger partial charge on any atom is 0.326 e. The zero-order chi connectivity index (χ0) is 36.0. The van der Waals surface area contributed by atoms with E-state index in [1.165, 1.54) is 31.2 Å². The molecule has 2 aromatic rings. The lowest BCUT2D eigenvalue weighted by atomic mass is 10.0. The van der Waals surface area contributed by atoms with Gasteiger partial charge in [-0.15, -0.1) is 5.43 Å². The first-order valence-electron chi connectivity index (χ1n) is 15.0. The lowest BCUT2D eigenvalue weighted by molar-refractivity contribution is -0.548. The molecule has 0 fully saturated rings. The number of phenolic OH excluding ortho intramolecular Hbond substituents is 1. The largest absolute Gasteiger partial charge is 0.508 e. The van der Waals surface area contributed by atoms with Crippen molar-refractivity contribution in [3.63, 3.8) is 0 Å². The normalized spacial score (nSPS) is 13.9. The van der Waals surface area contributed by atoms with Gasteiger partial charge in [-0.05, 0) is 42.5 Å². The van der Waals surface area contributed by atoms with Crippen LogP contribution >= 0.6 is 0 Å². The molecule has 48 heavy (non-hydrogen) atoms. The van der Waals surface area contributed by atoms with E-state index in [0.29, 0.717) is 11.1 Å². The van der Waals surface area contributed by atoms with Crippen LogP contribution in [0.2, 0.25) is 0 Å². The van der Waals surface area contributed by atoms with E-state index in [1.54, 1.807) is 44.2 Å². The topological polar surface area (TPSA) is 272 Å². The van der Waals surface area contributed by atoms with E-state index in [0.717, 1.165) is 0 Å². The molecule has 0 aliphatic heterocycles. The van der Waals surface area contributed by atoms with E-state index >= 15 is 0 Å².